The summed E-state index contributed by atoms with van der Waals surface area (Å²) in [5.41, 5.74) is 6.29. The van der Waals surface area contributed by atoms with Crippen LogP contribution in [0.2, 0.25) is 0 Å². The van der Waals surface area contributed by atoms with E-state index in [4.69, 9.17) is 10.5 Å². The van der Waals surface area contributed by atoms with Crippen LogP contribution < -0.4 is 20.5 Å². The average molecular weight is 497 g/mol. The Kier molecular flexibility index (Phi) is 8.63. The number of anilines is 1. The van der Waals surface area contributed by atoms with Gasteiger partial charge in [0, 0.05) is 0 Å². The van der Waals surface area contributed by atoms with Gasteiger partial charge < -0.3 is 25.6 Å². The number of ether oxygens (including phenoxy) is 2. The van der Waals surface area contributed by atoms with Crippen LogP contribution in [0.4, 0.5) is 18.9 Å². The number of nitrogens with two attached hydrogens (primary N) is 1. The summed E-state index contributed by atoms with van der Waals surface area (Å²) in [6.07, 6.45) is -5.75. The second kappa shape index (κ2) is 10.2. The van der Waals surface area contributed by atoms with Crippen LogP contribution in [0.1, 0.15) is 11.7 Å². The highest BCUT2D eigenvalue weighted by atomic mass is 127. The van der Waals surface area contributed by atoms with Crippen molar-refractivity contribution in [3.63, 3.8) is 0 Å². The third-order valence-corrected chi connectivity index (χ3v) is 3.31. The van der Waals surface area contributed by atoms with Crippen LogP contribution in [0, 0.1) is 0 Å². The lowest BCUT2D eigenvalue weighted by Crippen LogP contribution is -2.25. The summed E-state index contributed by atoms with van der Waals surface area (Å²) in [6, 6.07) is 12.2. The predicted molar refractivity (Wildman–Crippen MR) is 107 cm³/mol. The molecule has 0 radical (unpaired) electrons. The maximum absolute atomic E-state index is 12.4. The van der Waals surface area contributed by atoms with Crippen LogP contribution >= 0.6 is 24.0 Å². The summed E-state index contributed by atoms with van der Waals surface area (Å²) in [7, 11) is 1.53. The number of aliphatic hydroxyl groups is 1. The normalized spacial score (nSPS) is 12.7. The predicted octanol–water partition coefficient (Wildman–Crippen LogP) is 3.67. The van der Waals surface area contributed by atoms with E-state index in [-0.39, 0.29) is 42.2 Å². The van der Waals surface area contributed by atoms with Gasteiger partial charge in [0.05, 0.1) is 25.4 Å². The molecule has 1 atom stereocenters. The molecule has 0 aliphatic carbocycles. The molecule has 27 heavy (non-hydrogen) atoms. The van der Waals surface area contributed by atoms with Gasteiger partial charge in [-0.15, -0.1) is 37.1 Å². The first-order valence-corrected chi connectivity index (χ1v) is 7.52. The van der Waals surface area contributed by atoms with Gasteiger partial charge in [-0.3, -0.25) is 4.99 Å². The number of para-hydroxylation sites is 2. The van der Waals surface area contributed by atoms with E-state index in [2.05, 4.69) is 15.0 Å². The van der Waals surface area contributed by atoms with Crippen LogP contribution in [0.25, 0.3) is 0 Å². The third kappa shape index (κ3) is 7.51. The van der Waals surface area contributed by atoms with Crippen molar-refractivity contribution in [1.82, 2.24) is 0 Å². The van der Waals surface area contributed by atoms with Gasteiger partial charge in [0.25, 0.3) is 0 Å². The molecule has 2 aromatic rings. The molecular weight excluding hydrogens is 478 g/mol. The van der Waals surface area contributed by atoms with Crippen molar-refractivity contribution in [2.75, 3.05) is 19.0 Å². The lowest BCUT2D eigenvalue weighted by molar-refractivity contribution is -0.274. The molecule has 0 saturated heterocycles. The van der Waals surface area contributed by atoms with Crippen LogP contribution in [-0.2, 0) is 0 Å². The molecule has 10 heteroatoms. The number of guanidine groups is 1. The first kappa shape index (κ1) is 22.8. The van der Waals surface area contributed by atoms with Crippen molar-refractivity contribution in [3.8, 4) is 11.5 Å². The number of nitrogens with one attached hydrogen (secondary N) is 1. The van der Waals surface area contributed by atoms with E-state index in [1.54, 1.807) is 24.3 Å². The van der Waals surface area contributed by atoms with E-state index in [1.165, 1.54) is 25.3 Å². The summed E-state index contributed by atoms with van der Waals surface area (Å²) < 4.78 is 46.1. The fourth-order valence-corrected chi connectivity index (χ4v) is 2.08. The smallest absolute Gasteiger partial charge is 0.497 e. The highest BCUT2D eigenvalue weighted by molar-refractivity contribution is 14.0. The second-order valence-corrected chi connectivity index (χ2v) is 5.18. The van der Waals surface area contributed by atoms with E-state index in [0.29, 0.717) is 11.3 Å². The Morgan fingerprint density at radius 3 is 2.41 bits per heavy atom. The van der Waals surface area contributed by atoms with E-state index in [1.807, 2.05) is 0 Å². The summed E-state index contributed by atoms with van der Waals surface area (Å²) in [5.74, 6) is 0.0524. The molecule has 4 N–H and O–H groups in total. The van der Waals surface area contributed by atoms with Crippen LogP contribution in [0.3, 0.4) is 0 Å². The molecule has 0 saturated carbocycles. The van der Waals surface area contributed by atoms with Crippen LogP contribution in [0.15, 0.2) is 53.5 Å². The van der Waals surface area contributed by atoms with Crippen molar-refractivity contribution in [1.29, 1.82) is 0 Å². The Balaban J connectivity index is 0.00000364. The molecule has 0 aromatic heterocycles. The lowest BCUT2D eigenvalue weighted by Gasteiger charge is -2.14. The van der Waals surface area contributed by atoms with Crippen molar-refractivity contribution in [3.05, 3.63) is 54.1 Å². The van der Waals surface area contributed by atoms with Gasteiger partial charge >= 0.3 is 6.36 Å². The van der Waals surface area contributed by atoms with Gasteiger partial charge in [-0.25, -0.2) is 0 Å². The third-order valence-electron chi connectivity index (χ3n) is 3.31. The first-order chi connectivity index (χ1) is 12.3. The minimum atomic E-state index is -4.83. The molecule has 0 amide bonds. The molecule has 0 heterocycles. The Morgan fingerprint density at radius 2 is 1.81 bits per heavy atom. The maximum atomic E-state index is 12.4. The number of methoxy groups -OCH3 is 1. The zero-order valence-electron chi connectivity index (χ0n) is 14.2. The van der Waals surface area contributed by atoms with E-state index < -0.39 is 18.2 Å². The molecule has 2 aromatic carbocycles. The SMILES string of the molecule is COc1ccc(C(O)CN=C(N)Nc2ccccc2OC(F)(F)F)cc1.I. The maximum Gasteiger partial charge on any atom is 0.573 e. The number of aliphatic hydroxyl groups excluding tert-OH is 1. The summed E-state index contributed by atoms with van der Waals surface area (Å²) in [4.78, 5) is 3.94. The van der Waals surface area contributed by atoms with Gasteiger partial charge in [0.15, 0.2) is 11.7 Å². The Morgan fingerprint density at radius 1 is 1.19 bits per heavy atom. The summed E-state index contributed by atoms with van der Waals surface area (Å²) in [5, 5.41) is 12.6. The zero-order valence-corrected chi connectivity index (χ0v) is 16.6. The molecule has 0 bridgehead atoms. The van der Waals surface area contributed by atoms with Gasteiger partial charge in [-0.2, -0.15) is 0 Å². The van der Waals surface area contributed by atoms with Crippen LogP contribution in [-0.4, -0.2) is 31.1 Å². The molecule has 1 unspecified atom stereocenters. The first-order valence-electron chi connectivity index (χ1n) is 7.52. The Labute approximate surface area is 171 Å². The van der Waals surface area contributed by atoms with Crippen molar-refractivity contribution in [2.45, 2.75) is 12.5 Å². The number of hydrogen-bond acceptors (Lipinski definition) is 4. The molecule has 0 aliphatic rings. The molecule has 148 valence electrons. The highest BCUT2D eigenvalue weighted by Crippen LogP contribution is 2.29. The molecule has 2 rings (SSSR count). The van der Waals surface area contributed by atoms with E-state index >= 15 is 0 Å². The number of aliphatic imine (C=N–C) groups is 1. The summed E-state index contributed by atoms with van der Waals surface area (Å²) in [6.45, 7) is -0.0759. The summed E-state index contributed by atoms with van der Waals surface area (Å²) >= 11 is 0. The van der Waals surface area contributed by atoms with Gasteiger partial charge in [-0.05, 0) is 29.8 Å². The van der Waals surface area contributed by atoms with Gasteiger partial charge in [0.1, 0.15) is 5.75 Å². The van der Waals surface area contributed by atoms with Crippen molar-refractivity contribution >= 4 is 35.6 Å². The molecule has 0 spiro atoms. The lowest BCUT2D eigenvalue weighted by atomic mass is 10.1. The van der Waals surface area contributed by atoms with Crippen LogP contribution in [0.5, 0.6) is 11.5 Å². The number of halogens is 4. The Bertz CT molecular complexity index is 755. The number of hydrogen-bond donors (Lipinski definition) is 3. The van der Waals surface area contributed by atoms with Crippen molar-refractivity contribution < 1.29 is 27.8 Å². The van der Waals surface area contributed by atoms with E-state index in [0.717, 1.165) is 6.07 Å². The average Bonchev–Trinajstić information content (AvgIpc) is 2.60. The molecule has 0 fully saturated rings. The fourth-order valence-electron chi connectivity index (χ4n) is 2.08. The quantitative estimate of drug-likeness (QED) is 0.322. The number of benzene rings is 2. The zero-order chi connectivity index (χ0) is 19.2. The van der Waals surface area contributed by atoms with Gasteiger partial charge in [0.2, 0.25) is 0 Å². The minimum absolute atomic E-state index is 0. The molecule has 6 nitrogen and oxygen atoms in total. The highest BCUT2D eigenvalue weighted by Gasteiger charge is 2.32. The fraction of sp³-hybridized carbons (Fsp3) is 0.235. The largest absolute Gasteiger partial charge is 0.573 e. The van der Waals surface area contributed by atoms with Gasteiger partial charge in [-0.1, -0.05) is 24.3 Å². The monoisotopic (exact) mass is 497 g/mol. The number of nitrogens with zero attached hydrogens (tertiary/aromatic N) is 1. The Hall–Kier alpha value is -2.21. The van der Waals surface area contributed by atoms with E-state index in [9.17, 15) is 18.3 Å². The molecule has 0 aliphatic heterocycles. The number of rotatable bonds is 6. The topological polar surface area (TPSA) is 89.1 Å². The minimum Gasteiger partial charge on any atom is -0.497 e. The second-order valence-electron chi connectivity index (χ2n) is 5.18. The van der Waals surface area contributed by atoms with Crippen molar-refractivity contribution in [2.24, 2.45) is 10.7 Å². The molecular formula is C17H19F3IN3O3. The standard InChI is InChI=1S/C17H18F3N3O3.HI/c1-25-12-8-6-11(7-9-12)14(24)10-22-16(21)23-13-4-2-3-5-15(13)26-17(18,19)20;/h2-9,14,24H,10H2,1H3,(H3,21,22,23);1H. The number of alkyl halides is 3.